The van der Waals surface area contributed by atoms with Crippen LogP contribution in [0.2, 0.25) is 0 Å². The van der Waals surface area contributed by atoms with Crippen LogP contribution in [0.1, 0.15) is 51.8 Å². The summed E-state index contributed by atoms with van der Waals surface area (Å²) in [6, 6.07) is 4.42. The molecule has 0 bridgehead atoms. The SMILES string of the molecule is CCCC(C)(CCc1cccs1)CNCC(C)C. The van der Waals surface area contributed by atoms with E-state index >= 15 is 0 Å². The Morgan fingerprint density at radius 3 is 2.67 bits per heavy atom. The third kappa shape index (κ3) is 6.01. The molecular weight excluding hydrogens is 238 g/mol. The smallest absolute Gasteiger partial charge is 0.00454 e. The van der Waals surface area contributed by atoms with Crippen LogP contribution in [0.4, 0.5) is 0 Å². The minimum absolute atomic E-state index is 0.452. The van der Waals surface area contributed by atoms with Gasteiger partial charge in [0.15, 0.2) is 0 Å². The van der Waals surface area contributed by atoms with Crippen LogP contribution in [-0.2, 0) is 6.42 Å². The molecule has 0 aliphatic heterocycles. The largest absolute Gasteiger partial charge is 0.316 e. The van der Waals surface area contributed by atoms with Crippen LogP contribution in [-0.4, -0.2) is 13.1 Å². The molecule has 1 unspecified atom stereocenters. The Morgan fingerprint density at radius 2 is 2.11 bits per heavy atom. The molecule has 1 rings (SSSR count). The molecule has 0 aliphatic rings. The van der Waals surface area contributed by atoms with Gasteiger partial charge in [0.25, 0.3) is 0 Å². The predicted molar refractivity (Wildman–Crippen MR) is 83.4 cm³/mol. The highest BCUT2D eigenvalue weighted by Crippen LogP contribution is 2.29. The zero-order chi connectivity index (χ0) is 13.4. The van der Waals surface area contributed by atoms with Gasteiger partial charge in [-0.2, -0.15) is 0 Å². The van der Waals surface area contributed by atoms with Crippen LogP contribution in [0.25, 0.3) is 0 Å². The van der Waals surface area contributed by atoms with Gasteiger partial charge in [0.1, 0.15) is 0 Å². The molecule has 0 fully saturated rings. The molecule has 0 spiro atoms. The summed E-state index contributed by atoms with van der Waals surface area (Å²) in [5.41, 5.74) is 0.452. The van der Waals surface area contributed by atoms with Gasteiger partial charge in [0.05, 0.1) is 0 Å². The Hall–Kier alpha value is -0.340. The number of hydrogen-bond acceptors (Lipinski definition) is 2. The van der Waals surface area contributed by atoms with Crippen LogP contribution >= 0.6 is 11.3 Å². The Kier molecular flexibility index (Phi) is 6.95. The first kappa shape index (κ1) is 15.7. The average Bonchev–Trinajstić information content (AvgIpc) is 2.79. The summed E-state index contributed by atoms with van der Waals surface area (Å²) >= 11 is 1.89. The molecule has 0 aliphatic carbocycles. The van der Waals surface area contributed by atoms with Gasteiger partial charge >= 0.3 is 0 Å². The lowest BCUT2D eigenvalue weighted by Crippen LogP contribution is -2.34. The van der Waals surface area contributed by atoms with Crippen molar-refractivity contribution < 1.29 is 0 Å². The molecular formula is C16H29NS. The minimum atomic E-state index is 0.452. The fourth-order valence-electron chi connectivity index (χ4n) is 2.45. The van der Waals surface area contributed by atoms with Gasteiger partial charge in [-0.05, 0) is 48.6 Å². The van der Waals surface area contributed by atoms with Crippen LogP contribution < -0.4 is 5.32 Å². The van der Waals surface area contributed by atoms with Gasteiger partial charge in [0, 0.05) is 11.4 Å². The minimum Gasteiger partial charge on any atom is -0.316 e. The highest BCUT2D eigenvalue weighted by Gasteiger charge is 2.22. The highest BCUT2D eigenvalue weighted by molar-refractivity contribution is 7.09. The molecule has 1 aromatic rings. The number of thiophene rings is 1. The topological polar surface area (TPSA) is 12.0 Å². The molecule has 0 aromatic carbocycles. The first-order valence-corrected chi connectivity index (χ1v) is 8.17. The van der Waals surface area contributed by atoms with Crippen molar-refractivity contribution in [3.05, 3.63) is 22.4 Å². The van der Waals surface area contributed by atoms with Gasteiger partial charge in [-0.1, -0.05) is 40.2 Å². The third-order valence-electron chi connectivity index (χ3n) is 3.51. The summed E-state index contributed by atoms with van der Waals surface area (Å²) in [6.07, 6.45) is 5.14. The van der Waals surface area contributed by atoms with Crippen molar-refractivity contribution in [1.29, 1.82) is 0 Å². The van der Waals surface area contributed by atoms with E-state index in [9.17, 15) is 0 Å². The Balaban J connectivity index is 2.40. The highest BCUT2D eigenvalue weighted by atomic mass is 32.1. The summed E-state index contributed by atoms with van der Waals surface area (Å²) < 4.78 is 0. The normalized spacial score (nSPS) is 14.9. The second-order valence-corrected chi connectivity index (χ2v) is 7.20. The van der Waals surface area contributed by atoms with E-state index in [0.717, 1.165) is 19.0 Å². The van der Waals surface area contributed by atoms with Crippen molar-refractivity contribution in [2.75, 3.05) is 13.1 Å². The average molecular weight is 267 g/mol. The molecule has 0 amide bonds. The van der Waals surface area contributed by atoms with Crippen molar-refractivity contribution in [1.82, 2.24) is 5.32 Å². The van der Waals surface area contributed by atoms with Crippen LogP contribution in [0.3, 0.4) is 0 Å². The van der Waals surface area contributed by atoms with Crippen molar-refractivity contribution >= 4 is 11.3 Å². The van der Waals surface area contributed by atoms with Crippen molar-refractivity contribution in [3.8, 4) is 0 Å². The molecule has 0 saturated heterocycles. The standard InChI is InChI=1S/C16H29NS/c1-5-9-16(4,13-17-12-14(2)3)10-8-15-7-6-11-18-15/h6-7,11,14,17H,5,8-10,12-13H2,1-4H3. The van der Waals surface area contributed by atoms with Crippen LogP contribution in [0.15, 0.2) is 17.5 Å². The first-order chi connectivity index (χ1) is 8.56. The van der Waals surface area contributed by atoms with E-state index in [4.69, 9.17) is 0 Å². The summed E-state index contributed by atoms with van der Waals surface area (Å²) in [4.78, 5) is 1.53. The van der Waals surface area contributed by atoms with Crippen molar-refractivity contribution in [2.45, 2.75) is 53.4 Å². The van der Waals surface area contributed by atoms with E-state index in [2.05, 4.69) is 50.5 Å². The fourth-order valence-corrected chi connectivity index (χ4v) is 3.16. The van der Waals surface area contributed by atoms with E-state index in [1.165, 1.54) is 30.6 Å². The number of aryl methyl sites for hydroxylation is 1. The van der Waals surface area contributed by atoms with E-state index in [1.807, 2.05) is 11.3 Å². The molecule has 104 valence electrons. The lowest BCUT2D eigenvalue weighted by atomic mass is 9.81. The molecule has 1 atom stereocenters. The van der Waals surface area contributed by atoms with Gasteiger partial charge in [-0.25, -0.2) is 0 Å². The second-order valence-electron chi connectivity index (χ2n) is 6.16. The molecule has 0 saturated carbocycles. The number of nitrogens with one attached hydrogen (secondary N) is 1. The molecule has 1 nitrogen and oxygen atoms in total. The maximum atomic E-state index is 3.64. The predicted octanol–water partition coefficient (Wildman–Crippen LogP) is 4.73. The Morgan fingerprint density at radius 1 is 1.33 bits per heavy atom. The number of rotatable bonds is 9. The lowest BCUT2D eigenvalue weighted by molar-refractivity contribution is 0.253. The van der Waals surface area contributed by atoms with Crippen molar-refractivity contribution in [3.63, 3.8) is 0 Å². The molecule has 18 heavy (non-hydrogen) atoms. The van der Waals surface area contributed by atoms with Crippen molar-refractivity contribution in [2.24, 2.45) is 11.3 Å². The zero-order valence-electron chi connectivity index (χ0n) is 12.5. The molecule has 1 heterocycles. The van der Waals surface area contributed by atoms with Gasteiger partial charge in [-0.3, -0.25) is 0 Å². The molecule has 0 radical (unpaired) electrons. The fraction of sp³-hybridized carbons (Fsp3) is 0.750. The maximum Gasteiger partial charge on any atom is 0.00454 e. The summed E-state index contributed by atoms with van der Waals surface area (Å²) in [5, 5.41) is 5.83. The Labute approximate surface area is 117 Å². The van der Waals surface area contributed by atoms with E-state index in [1.54, 1.807) is 0 Å². The number of hydrogen-bond donors (Lipinski definition) is 1. The molecule has 1 aromatic heterocycles. The molecule has 1 N–H and O–H groups in total. The van der Waals surface area contributed by atoms with Crippen LogP contribution in [0.5, 0.6) is 0 Å². The third-order valence-corrected chi connectivity index (χ3v) is 4.45. The van der Waals surface area contributed by atoms with E-state index < -0.39 is 0 Å². The quantitative estimate of drug-likeness (QED) is 0.682. The van der Waals surface area contributed by atoms with Gasteiger partial charge < -0.3 is 5.32 Å². The first-order valence-electron chi connectivity index (χ1n) is 7.29. The van der Waals surface area contributed by atoms with Gasteiger partial charge in [-0.15, -0.1) is 11.3 Å². The Bertz CT molecular complexity index is 305. The molecule has 2 heteroatoms. The zero-order valence-corrected chi connectivity index (χ0v) is 13.3. The van der Waals surface area contributed by atoms with E-state index in [0.29, 0.717) is 5.41 Å². The van der Waals surface area contributed by atoms with E-state index in [-0.39, 0.29) is 0 Å². The van der Waals surface area contributed by atoms with Gasteiger partial charge in [0.2, 0.25) is 0 Å². The monoisotopic (exact) mass is 267 g/mol. The maximum absolute atomic E-state index is 3.64. The summed E-state index contributed by atoms with van der Waals surface area (Å²) in [6.45, 7) is 11.6. The summed E-state index contributed by atoms with van der Waals surface area (Å²) in [7, 11) is 0. The van der Waals surface area contributed by atoms with Crippen LogP contribution in [0, 0.1) is 11.3 Å². The lowest BCUT2D eigenvalue weighted by Gasteiger charge is -2.30. The summed E-state index contributed by atoms with van der Waals surface area (Å²) in [5.74, 6) is 0.744. The second kappa shape index (κ2) is 7.96.